The molecule has 0 amide bonds. The van der Waals surface area contributed by atoms with Crippen LogP contribution in [0.25, 0.3) is 0 Å². The molecule has 0 aromatic heterocycles. The van der Waals surface area contributed by atoms with Crippen LogP contribution in [-0.4, -0.2) is 6.71 Å². The Hall–Kier alpha value is -4.24. The minimum atomic E-state index is 0.0447. The second-order valence-corrected chi connectivity index (χ2v) is 16.2. The minimum absolute atomic E-state index is 0.0447. The fourth-order valence-corrected chi connectivity index (χ4v) is 7.79. The molecule has 0 aliphatic carbocycles. The first-order valence-electron chi connectivity index (χ1n) is 18.1. The standard InChI is InChI=1S/C45H51BN2/c1-9-10-11-12-15-32-18-23-35(24-19-32)47-39-17-14-13-16-37(39)46-38-30-34(45(6,7)8)22-27-40(38)48(42-29-31(2)28-41(47)43(42)46)36-25-20-33(21-26-36)44(3,4)5/h13-14,16-30H,9-12,15H2,1-8H3. The lowest BCUT2D eigenvalue weighted by molar-refractivity contribution is 0.590. The Labute approximate surface area is 289 Å². The van der Waals surface area contributed by atoms with Gasteiger partial charge in [-0.25, -0.2) is 0 Å². The zero-order valence-electron chi connectivity index (χ0n) is 30.3. The van der Waals surface area contributed by atoms with Crippen LogP contribution in [0.1, 0.15) is 96.4 Å². The molecule has 0 unspecified atom stereocenters. The quantitative estimate of drug-likeness (QED) is 0.128. The average molecular weight is 631 g/mol. The number of rotatable bonds is 7. The zero-order valence-corrected chi connectivity index (χ0v) is 30.3. The van der Waals surface area contributed by atoms with Gasteiger partial charge in [-0.2, -0.15) is 0 Å². The van der Waals surface area contributed by atoms with Crippen molar-refractivity contribution in [3.05, 3.63) is 125 Å². The van der Waals surface area contributed by atoms with Gasteiger partial charge in [0.2, 0.25) is 0 Å². The SMILES string of the molecule is CCCCCCc1ccc(N2c3ccccc3B3c4cc(C(C)(C)C)ccc4N(c4ccc(C(C)(C)C)cc4)c4cc(C)cc2c43)cc1. The third kappa shape index (κ3) is 5.76. The highest BCUT2D eigenvalue weighted by atomic mass is 15.2. The van der Waals surface area contributed by atoms with E-state index >= 15 is 0 Å². The van der Waals surface area contributed by atoms with Crippen LogP contribution in [0, 0.1) is 6.92 Å². The van der Waals surface area contributed by atoms with E-state index in [1.54, 1.807) is 0 Å². The highest BCUT2D eigenvalue weighted by Crippen LogP contribution is 2.45. The molecule has 0 N–H and O–H groups in total. The maximum atomic E-state index is 2.53. The van der Waals surface area contributed by atoms with Crippen molar-refractivity contribution >= 4 is 57.2 Å². The smallest absolute Gasteiger partial charge is 0.252 e. The van der Waals surface area contributed by atoms with Crippen LogP contribution in [0.4, 0.5) is 34.1 Å². The highest BCUT2D eigenvalue weighted by molar-refractivity contribution is 7.00. The van der Waals surface area contributed by atoms with Crippen LogP contribution in [0.2, 0.25) is 0 Å². The Morgan fingerprint density at radius 2 is 1.10 bits per heavy atom. The van der Waals surface area contributed by atoms with Crippen molar-refractivity contribution in [3.8, 4) is 0 Å². The number of anilines is 6. The van der Waals surface area contributed by atoms with Gasteiger partial charge in [0.25, 0.3) is 6.71 Å². The first-order valence-corrected chi connectivity index (χ1v) is 18.1. The first kappa shape index (κ1) is 32.3. The maximum Gasteiger partial charge on any atom is 0.252 e. The molecule has 2 heterocycles. The van der Waals surface area contributed by atoms with Crippen LogP contribution in [0.15, 0.2) is 103 Å². The molecule has 5 aromatic carbocycles. The predicted octanol–water partition coefficient (Wildman–Crippen LogP) is 10.8. The molecule has 0 atom stereocenters. The van der Waals surface area contributed by atoms with Gasteiger partial charge in [0.1, 0.15) is 0 Å². The molecule has 48 heavy (non-hydrogen) atoms. The summed E-state index contributed by atoms with van der Waals surface area (Å²) in [6, 6.07) is 39.9. The molecule has 0 saturated carbocycles. The summed E-state index contributed by atoms with van der Waals surface area (Å²) in [5.41, 5.74) is 17.3. The number of fused-ring (bicyclic) bond motifs is 4. The molecule has 7 rings (SSSR count). The van der Waals surface area contributed by atoms with Gasteiger partial charge in [0, 0.05) is 34.1 Å². The predicted molar refractivity (Wildman–Crippen MR) is 210 cm³/mol. The zero-order chi connectivity index (χ0) is 33.8. The van der Waals surface area contributed by atoms with E-state index in [0.29, 0.717) is 0 Å². The number of hydrogen-bond donors (Lipinski definition) is 0. The van der Waals surface area contributed by atoms with Crippen LogP contribution in [-0.2, 0) is 17.3 Å². The second-order valence-electron chi connectivity index (χ2n) is 16.2. The van der Waals surface area contributed by atoms with Gasteiger partial charge >= 0.3 is 0 Å². The van der Waals surface area contributed by atoms with E-state index in [1.807, 2.05) is 0 Å². The minimum Gasteiger partial charge on any atom is -0.311 e. The summed E-state index contributed by atoms with van der Waals surface area (Å²) < 4.78 is 0. The lowest BCUT2D eigenvalue weighted by Gasteiger charge is -2.44. The number of aryl methyl sites for hydroxylation is 2. The van der Waals surface area contributed by atoms with Gasteiger partial charge in [-0.05, 0) is 118 Å². The average Bonchev–Trinajstić information content (AvgIpc) is 3.06. The Kier molecular flexibility index (Phi) is 8.31. The maximum absolute atomic E-state index is 2.53. The third-order valence-corrected chi connectivity index (χ3v) is 10.5. The fourth-order valence-electron chi connectivity index (χ4n) is 7.79. The summed E-state index contributed by atoms with van der Waals surface area (Å²) in [6.07, 6.45) is 6.31. The molecular weight excluding hydrogens is 579 g/mol. The van der Waals surface area contributed by atoms with E-state index in [-0.39, 0.29) is 17.5 Å². The normalized spacial score (nSPS) is 13.7. The summed E-state index contributed by atoms with van der Waals surface area (Å²) in [5, 5.41) is 0. The van der Waals surface area contributed by atoms with E-state index in [0.717, 1.165) is 6.42 Å². The summed E-state index contributed by atoms with van der Waals surface area (Å²) in [7, 11) is 0. The van der Waals surface area contributed by atoms with Gasteiger partial charge in [-0.3, -0.25) is 0 Å². The van der Waals surface area contributed by atoms with Crippen molar-refractivity contribution in [2.24, 2.45) is 0 Å². The number of benzene rings is 5. The molecule has 0 fully saturated rings. The monoisotopic (exact) mass is 630 g/mol. The van der Waals surface area contributed by atoms with Crippen LogP contribution in [0.5, 0.6) is 0 Å². The Bertz CT molecular complexity index is 1940. The van der Waals surface area contributed by atoms with Gasteiger partial charge in [-0.1, -0.05) is 122 Å². The van der Waals surface area contributed by atoms with Crippen molar-refractivity contribution in [2.75, 3.05) is 9.80 Å². The van der Waals surface area contributed by atoms with E-state index in [4.69, 9.17) is 0 Å². The van der Waals surface area contributed by atoms with Gasteiger partial charge < -0.3 is 9.80 Å². The molecule has 3 heteroatoms. The van der Waals surface area contributed by atoms with Crippen molar-refractivity contribution < 1.29 is 0 Å². The lowest BCUT2D eigenvalue weighted by Crippen LogP contribution is -2.61. The summed E-state index contributed by atoms with van der Waals surface area (Å²) >= 11 is 0. The topological polar surface area (TPSA) is 6.48 Å². The van der Waals surface area contributed by atoms with Gasteiger partial charge in [0.15, 0.2) is 0 Å². The van der Waals surface area contributed by atoms with Crippen LogP contribution in [0.3, 0.4) is 0 Å². The summed E-state index contributed by atoms with van der Waals surface area (Å²) in [4.78, 5) is 5.06. The Morgan fingerprint density at radius 3 is 1.71 bits per heavy atom. The largest absolute Gasteiger partial charge is 0.311 e. The van der Waals surface area contributed by atoms with E-state index in [2.05, 4.69) is 168 Å². The fraction of sp³-hybridized carbons (Fsp3) is 0.333. The Morgan fingerprint density at radius 1 is 0.542 bits per heavy atom. The van der Waals surface area contributed by atoms with Gasteiger partial charge in [0.05, 0.1) is 0 Å². The second kappa shape index (κ2) is 12.3. The van der Waals surface area contributed by atoms with Crippen LogP contribution >= 0.6 is 0 Å². The van der Waals surface area contributed by atoms with Crippen molar-refractivity contribution in [1.29, 1.82) is 0 Å². The molecule has 0 bridgehead atoms. The Balaban J connectivity index is 1.44. The van der Waals surface area contributed by atoms with E-state index in [1.165, 1.54) is 98.4 Å². The molecule has 0 saturated heterocycles. The summed E-state index contributed by atoms with van der Waals surface area (Å²) in [6.45, 7) is 18.5. The van der Waals surface area contributed by atoms with Crippen molar-refractivity contribution in [3.63, 3.8) is 0 Å². The molecule has 244 valence electrons. The molecule has 5 aromatic rings. The lowest BCUT2D eigenvalue weighted by atomic mass is 9.33. The van der Waals surface area contributed by atoms with Crippen molar-refractivity contribution in [1.82, 2.24) is 0 Å². The van der Waals surface area contributed by atoms with Gasteiger partial charge in [-0.15, -0.1) is 0 Å². The number of unbranched alkanes of at least 4 members (excludes halogenated alkanes) is 3. The summed E-state index contributed by atoms with van der Waals surface area (Å²) in [5.74, 6) is 0. The molecule has 0 radical (unpaired) electrons. The first-order chi connectivity index (χ1) is 23.0. The molecule has 2 nitrogen and oxygen atoms in total. The number of nitrogens with zero attached hydrogens (tertiary/aromatic N) is 2. The molecule has 2 aliphatic heterocycles. The molecule has 2 aliphatic rings. The van der Waals surface area contributed by atoms with E-state index < -0.39 is 0 Å². The third-order valence-electron chi connectivity index (χ3n) is 10.5. The van der Waals surface area contributed by atoms with Crippen molar-refractivity contribution in [2.45, 2.75) is 98.3 Å². The van der Waals surface area contributed by atoms with Crippen LogP contribution < -0.4 is 26.2 Å². The molecule has 0 spiro atoms. The number of para-hydroxylation sites is 1. The van der Waals surface area contributed by atoms with E-state index in [9.17, 15) is 0 Å². The highest BCUT2D eigenvalue weighted by Gasteiger charge is 2.43. The number of hydrogen-bond acceptors (Lipinski definition) is 2. The molecular formula is C45H51BN2.